The molecule has 1 amide bonds. The molecule has 7 heteroatoms. The summed E-state index contributed by atoms with van der Waals surface area (Å²) in [4.78, 5) is 15.9. The summed E-state index contributed by atoms with van der Waals surface area (Å²) in [5, 5.41) is 14.9. The van der Waals surface area contributed by atoms with E-state index in [0.717, 1.165) is 60.0 Å². The maximum absolute atomic E-state index is 11.5. The van der Waals surface area contributed by atoms with Crippen molar-refractivity contribution in [3.8, 4) is 5.75 Å². The number of benzene rings is 2. The van der Waals surface area contributed by atoms with Crippen molar-refractivity contribution in [2.24, 2.45) is 5.92 Å². The van der Waals surface area contributed by atoms with Crippen molar-refractivity contribution in [3.63, 3.8) is 0 Å². The van der Waals surface area contributed by atoms with Crippen LogP contribution in [0.2, 0.25) is 5.02 Å². The molecule has 3 aromatic rings. The minimum Gasteiger partial charge on any atom is -0.496 e. The average molecular weight is 484 g/mol. The van der Waals surface area contributed by atoms with Crippen molar-refractivity contribution in [3.05, 3.63) is 58.4 Å². The van der Waals surface area contributed by atoms with E-state index in [1.165, 1.54) is 6.42 Å². The molecular weight excluding hydrogens is 450 g/mol. The molecule has 6 nitrogen and oxygen atoms in total. The van der Waals surface area contributed by atoms with E-state index in [0.29, 0.717) is 23.2 Å². The third-order valence-electron chi connectivity index (χ3n) is 7.03. The lowest BCUT2D eigenvalue weighted by atomic mass is 9.86. The fraction of sp³-hybridized carbons (Fsp3) is 0.481. The summed E-state index contributed by atoms with van der Waals surface area (Å²) >= 11 is 6.24. The van der Waals surface area contributed by atoms with E-state index in [-0.39, 0.29) is 12.1 Å². The van der Waals surface area contributed by atoms with Gasteiger partial charge in [-0.2, -0.15) is 0 Å². The van der Waals surface area contributed by atoms with Crippen molar-refractivity contribution in [1.82, 2.24) is 14.9 Å². The number of hydrogen-bond donors (Lipinski definition) is 2. The number of aryl methyl sites for hydroxylation is 1. The monoisotopic (exact) mass is 483 g/mol. The normalized spacial score (nSPS) is 20.1. The van der Waals surface area contributed by atoms with Crippen molar-refractivity contribution in [2.45, 2.75) is 70.6 Å². The lowest BCUT2D eigenvalue weighted by molar-refractivity contribution is -0.110. The first-order chi connectivity index (χ1) is 16.4. The molecule has 1 aliphatic rings. The number of nitrogens with one attached hydrogen (secondary N) is 1. The molecule has 2 aromatic carbocycles. The number of ether oxygens (including phenoxy) is 1. The molecule has 2 N–H and O–H groups in total. The smallest absolute Gasteiger partial charge is 0.207 e. The quantitative estimate of drug-likeness (QED) is 0.388. The molecular formula is C27H34ClN3O3. The van der Waals surface area contributed by atoms with E-state index in [2.05, 4.69) is 22.9 Å². The van der Waals surface area contributed by atoms with Crippen LogP contribution < -0.4 is 10.1 Å². The minimum atomic E-state index is -0.891. The van der Waals surface area contributed by atoms with Gasteiger partial charge in [0.1, 0.15) is 17.7 Å². The maximum atomic E-state index is 11.5. The second kappa shape index (κ2) is 10.8. The Balaban J connectivity index is 1.85. The van der Waals surface area contributed by atoms with Gasteiger partial charge in [-0.15, -0.1) is 0 Å². The van der Waals surface area contributed by atoms with Crippen molar-refractivity contribution < 1.29 is 14.6 Å². The molecule has 1 fully saturated rings. The van der Waals surface area contributed by atoms with Crippen molar-refractivity contribution in [1.29, 1.82) is 0 Å². The highest BCUT2D eigenvalue weighted by atomic mass is 35.5. The summed E-state index contributed by atoms with van der Waals surface area (Å²) in [6, 6.07) is 11.7. The Hall–Kier alpha value is -2.57. The Morgan fingerprint density at radius 3 is 2.85 bits per heavy atom. The lowest BCUT2D eigenvalue weighted by Gasteiger charge is -2.30. The second-order valence-electron chi connectivity index (χ2n) is 9.56. The third kappa shape index (κ3) is 5.08. The van der Waals surface area contributed by atoms with Crippen LogP contribution in [0.5, 0.6) is 5.75 Å². The van der Waals surface area contributed by atoms with Gasteiger partial charge in [-0.05, 0) is 68.4 Å². The van der Waals surface area contributed by atoms with Gasteiger partial charge in [-0.1, -0.05) is 43.5 Å². The fourth-order valence-electron chi connectivity index (χ4n) is 5.25. The van der Waals surface area contributed by atoms with Crippen LogP contribution in [0, 0.1) is 5.92 Å². The summed E-state index contributed by atoms with van der Waals surface area (Å²) in [6.07, 6.45) is 5.82. The zero-order valence-corrected chi connectivity index (χ0v) is 20.9. The topological polar surface area (TPSA) is 76.4 Å². The van der Waals surface area contributed by atoms with Gasteiger partial charge in [0.2, 0.25) is 6.41 Å². The molecule has 0 saturated heterocycles. The van der Waals surface area contributed by atoms with Gasteiger partial charge >= 0.3 is 0 Å². The zero-order valence-electron chi connectivity index (χ0n) is 20.1. The van der Waals surface area contributed by atoms with Crippen LogP contribution >= 0.6 is 11.6 Å². The molecule has 4 rings (SSSR count). The predicted octanol–water partition coefficient (Wildman–Crippen LogP) is 5.60. The standard InChI is InChI=1S/C27H34ClN3O3/c1-17-6-4-9-21(14-17)31-23-12-13-24(34-3)22(11-10-18(2)29-16-32)25(23)30-27(31)26(33)19-7-5-8-20(28)15-19/h5,7-8,12-13,15-18,21,26,33H,4,6,9-11,14H2,1-3H3,(H,29,32). The molecule has 1 saturated carbocycles. The molecule has 0 bridgehead atoms. The Morgan fingerprint density at radius 1 is 1.32 bits per heavy atom. The molecule has 0 aliphatic heterocycles. The first-order valence-corrected chi connectivity index (χ1v) is 12.5. The summed E-state index contributed by atoms with van der Waals surface area (Å²) < 4.78 is 7.96. The predicted molar refractivity (Wildman–Crippen MR) is 135 cm³/mol. The number of imidazole rings is 1. The van der Waals surface area contributed by atoms with E-state index in [1.54, 1.807) is 19.2 Å². The molecule has 1 heterocycles. The molecule has 182 valence electrons. The number of aliphatic hydroxyl groups is 1. The fourth-order valence-corrected chi connectivity index (χ4v) is 5.45. The Labute approximate surface area is 206 Å². The largest absolute Gasteiger partial charge is 0.496 e. The number of fused-ring (bicyclic) bond motifs is 1. The van der Waals surface area contributed by atoms with Crippen LogP contribution in [-0.4, -0.2) is 34.2 Å². The highest BCUT2D eigenvalue weighted by Gasteiger charge is 2.29. The number of halogens is 1. The van der Waals surface area contributed by atoms with Crippen molar-refractivity contribution >= 4 is 29.0 Å². The lowest BCUT2D eigenvalue weighted by Crippen LogP contribution is -2.24. The zero-order chi connectivity index (χ0) is 24.2. The third-order valence-corrected chi connectivity index (χ3v) is 7.27. The summed E-state index contributed by atoms with van der Waals surface area (Å²) in [7, 11) is 1.67. The number of amides is 1. The van der Waals surface area contributed by atoms with Gasteiger partial charge in [0.25, 0.3) is 0 Å². The number of nitrogens with zero attached hydrogens (tertiary/aromatic N) is 2. The number of carbonyl (C=O) groups excluding carboxylic acids is 1. The number of aliphatic hydroxyl groups excluding tert-OH is 1. The number of carbonyl (C=O) groups is 1. The summed E-state index contributed by atoms with van der Waals surface area (Å²) in [6.45, 7) is 4.28. The van der Waals surface area contributed by atoms with Crippen LogP contribution in [-0.2, 0) is 11.2 Å². The van der Waals surface area contributed by atoms with Gasteiger partial charge in [-0.25, -0.2) is 4.98 Å². The van der Waals surface area contributed by atoms with E-state index in [4.69, 9.17) is 21.3 Å². The molecule has 0 radical (unpaired) electrons. The SMILES string of the molecule is COc1ccc2c(nc(C(O)c3cccc(Cl)c3)n2C2CCCC(C)C2)c1CCC(C)NC=O. The van der Waals surface area contributed by atoms with Crippen molar-refractivity contribution in [2.75, 3.05) is 7.11 Å². The van der Waals surface area contributed by atoms with Gasteiger partial charge in [0.15, 0.2) is 0 Å². The Morgan fingerprint density at radius 2 is 2.15 bits per heavy atom. The number of methoxy groups -OCH3 is 1. The molecule has 0 spiro atoms. The Bertz CT molecular complexity index is 1150. The minimum absolute atomic E-state index is 0.0373. The van der Waals surface area contributed by atoms with E-state index in [1.807, 2.05) is 25.1 Å². The van der Waals surface area contributed by atoms with E-state index in [9.17, 15) is 9.90 Å². The van der Waals surface area contributed by atoms with Gasteiger partial charge < -0.3 is 19.7 Å². The van der Waals surface area contributed by atoms with E-state index < -0.39 is 6.10 Å². The maximum Gasteiger partial charge on any atom is 0.207 e. The highest BCUT2D eigenvalue weighted by molar-refractivity contribution is 6.30. The highest BCUT2D eigenvalue weighted by Crippen LogP contribution is 2.40. The molecule has 34 heavy (non-hydrogen) atoms. The van der Waals surface area contributed by atoms with Crippen LogP contribution in [0.1, 0.15) is 75.0 Å². The van der Waals surface area contributed by atoms with Gasteiger partial charge in [0.05, 0.1) is 18.1 Å². The molecule has 4 atom stereocenters. The molecule has 4 unspecified atom stereocenters. The first-order valence-electron chi connectivity index (χ1n) is 12.1. The van der Waals surface area contributed by atoms with Gasteiger partial charge in [-0.3, -0.25) is 4.79 Å². The summed E-state index contributed by atoms with van der Waals surface area (Å²) in [5.74, 6) is 2.04. The summed E-state index contributed by atoms with van der Waals surface area (Å²) in [5.41, 5.74) is 3.60. The van der Waals surface area contributed by atoms with Gasteiger partial charge in [0, 0.05) is 22.7 Å². The second-order valence-corrected chi connectivity index (χ2v) is 10.00. The molecule has 1 aromatic heterocycles. The van der Waals surface area contributed by atoms with E-state index >= 15 is 0 Å². The molecule has 1 aliphatic carbocycles. The van der Waals surface area contributed by atoms with Crippen LogP contribution in [0.25, 0.3) is 11.0 Å². The van der Waals surface area contributed by atoms with Crippen LogP contribution in [0.4, 0.5) is 0 Å². The average Bonchev–Trinajstić information content (AvgIpc) is 3.22. The first kappa shape index (κ1) is 24.6. The van der Waals surface area contributed by atoms with Crippen LogP contribution in [0.15, 0.2) is 36.4 Å². The Kier molecular flexibility index (Phi) is 7.79. The number of hydrogen-bond acceptors (Lipinski definition) is 4. The number of aromatic nitrogens is 2. The van der Waals surface area contributed by atoms with Crippen LogP contribution in [0.3, 0.4) is 0 Å². The number of rotatable bonds is 9.